The lowest BCUT2D eigenvalue weighted by Gasteiger charge is -2.00. The number of aromatic nitrogens is 2. The summed E-state index contributed by atoms with van der Waals surface area (Å²) in [5.74, 6) is 0. The van der Waals surface area contributed by atoms with Gasteiger partial charge in [0.15, 0.2) is 3.92 Å². The first kappa shape index (κ1) is 10.1. The first-order valence-corrected chi connectivity index (χ1v) is 5.65. The van der Waals surface area contributed by atoms with Gasteiger partial charge in [-0.3, -0.25) is 0 Å². The van der Waals surface area contributed by atoms with E-state index in [0.717, 1.165) is 9.60 Å². The van der Waals surface area contributed by atoms with Crippen LogP contribution in [0.3, 0.4) is 0 Å². The molecule has 6 heteroatoms. The van der Waals surface area contributed by atoms with Crippen LogP contribution >= 0.6 is 27.3 Å². The summed E-state index contributed by atoms with van der Waals surface area (Å²) >= 11 is 4.62. The van der Waals surface area contributed by atoms with Gasteiger partial charge in [0.05, 0.1) is 11.6 Å². The molecule has 0 atom stereocenters. The Morgan fingerprint density at radius 2 is 2.27 bits per heavy atom. The van der Waals surface area contributed by atoms with Crippen molar-refractivity contribution in [3.05, 3.63) is 33.7 Å². The smallest absolute Gasteiger partial charge is 0.210 e. The zero-order chi connectivity index (χ0) is 10.7. The van der Waals surface area contributed by atoms with Gasteiger partial charge in [-0.2, -0.15) is 5.26 Å². The van der Waals surface area contributed by atoms with Gasteiger partial charge in [-0.15, -0.1) is 10.2 Å². The van der Waals surface area contributed by atoms with Crippen LogP contribution in [0.2, 0.25) is 0 Å². The molecule has 2 rings (SSSR count). The minimum Gasteiger partial charge on any atom is -0.330 e. The second-order valence-corrected chi connectivity index (χ2v) is 4.93. The predicted octanol–water partition coefficient (Wildman–Crippen LogP) is 2.92. The highest BCUT2D eigenvalue weighted by atomic mass is 79.9. The van der Waals surface area contributed by atoms with Gasteiger partial charge >= 0.3 is 0 Å². The van der Waals surface area contributed by atoms with E-state index in [2.05, 4.69) is 37.5 Å². The first-order valence-electron chi connectivity index (χ1n) is 4.04. The van der Waals surface area contributed by atoms with E-state index < -0.39 is 0 Å². The van der Waals surface area contributed by atoms with Crippen LogP contribution in [0.1, 0.15) is 5.56 Å². The molecule has 0 unspecified atom stereocenters. The number of hydrogen-bond acceptors (Lipinski definition) is 5. The van der Waals surface area contributed by atoms with E-state index in [0.29, 0.717) is 10.7 Å². The van der Waals surface area contributed by atoms with Crippen molar-refractivity contribution < 1.29 is 0 Å². The van der Waals surface area contributed by atoms with Crippen LogP contribution < -0.4 is 5.32 Å². The summed E-state index contributed by atoms with van der Waals surface area (Å²) in [4.78, 5) is 0. The molecule has 0 aliphatic heterocycles. The maximum Gasteiger partial charge on any atom is 0.210 e. The van der Waals surface area contributed by atoms with Gasteiger partial charge in [0.25, 0.3) is 0 Å². The van der Waals surface area contributed by atoms with Gasteiger partial charge < -0.3 is 5.32 Å². The number of nitrogens with zero attached hydrogens (tertiary/aromatic N) is 3. The standard InChI is InChI=1S/C9H5BrN4S/c10-8-13-14-9(15-8)12-7-3-1-2-6(4-7)5-11/h1-4H,(H,12,14). The maximum absolute atomic E-state index is 8.72. The highest BCUT2D eigenvalue weighted by molar-refractivity contribution is 9.11. The average Bonchev–Trinajstić information content (AvgIpc) is 2.64. The first-order chi connectivity index (χ1) is 7.28. The second kappa shape index (κ2) is 4.38. The van der Waals surface area contributed by atoms with Crippen molar-refractivity contribution in [1.82, 2.24) is 10.2 Å². The molecule has 0 amide bonds. The molecular weight excluding hydrogens is 276 g/mol. The van der Waals surface area contributed by atoms with Crippen molar-refractivity contribution in [2.45, 2.75) is 0 Å². The second-order valence-electron chi connectivity index (χ2n) is 2.68. The minimum absolute atomic E-state index is 0.614. The molecule has 0 bridgehead atoms. The van der Waals surface area contributed by atoms with Crippen molar-refractivity contribution in [2.75, 3.05) is 5.32 Å². The van der Waals surface area contributed by atoms with Crippen LogP contribution in [0.25, 0.3) is 0 Å². The summed E-state index contributed by atoms with van der Waals surface area (Å²) in [6, 6.07) is 9.27. The molecule has 0 spiro atoms. The quantitative estimate of drug-likeness (QED) is 0.919. The fourth-order valence-corrected chi connectivity index (χ4v) is 2.08. The minimum atomic E-state index is 0.614. The van der Waals surface area contributed by atoms with Crippen LogP contribution in [0.4, 0.5) is 10.8 Å². The Morgan fingerprint density at radius 1 is 1.40 bits per heavy atom. The third kappa shape index (κ3) is 2.52. The molecular formula is C9H5BrN4S. The zero-order valence-corrected chi connectivity index (χ0v) is 9.84. The van der Waals surface area contributed by atoms with Gasteiger partial charge in [-0.05, 0) is 34.1 Å². The average molecular weight is 281 g/mol. The van der Waals surface area contributed by atoms with Crippen LogP contribution in [0.5, 0.6) is 0 Å². The molecule has 1 aromatic carbocycles. The molecule has 0 saturated heterocycles. The molecule has 2 aromatic rings. The van der Waals surface area contributed by atoms with Crippen LogP contribution in [0, 0.1) is 11.3 Å². The number of hydrogen-bond donors (Lipinski definition) is 1. The lowest BCUT2D eigenvalue weighted by molar-refractivity contribution is 1.07. The number of rotatable bonds is 2. The third-order valence-corrected chi connectivity index (χ3v) is 2.91. The highest BCUT2D eigenvalue weighted by Gasteiger charge is 2.01. The maximum atomic E-state index is 8.72. The van der Waals surface area contributed by atoms with Crippen molar-refractivity contribution in [1.29, 1.82) is 5.26 Å². The van der Waals surface area contributed by atoms with Gasteiger partial charge in [-0.25, -0.2) is 0 Å². The monoisotopic (exact) mass is 280 g/mol. The Hall–Kier alpha value is -1.45. The highest BCUT2D eigenvalue weighted by Crippen LogP contribution is 2.24. The van der Waals surface area contributed by atoms with E-state index in [9.17, 15) is 0 Å². The van der Waals surface area contributed by atoms with E-state index in [1.54, 1.807) is 12.1 Å². The molecule has 0 fully saturated rings. The summed E-state index contributed by atoms with van der Waals surface area (Å²) < 4.78 is 0.724. The van der Waals surface area contributed by atoms with Gasteiger partial charge in [-0.1, -0.05) is 17.4 Å². The Kier molecular flexibility index (Phi) is 2.94. The predicted molar refractivity (Wildman–Crippen MR) is 62.0 cm³/mol. The topological polar surface area (TPSA) is 61.6 Å². The van der Waals surface area contributed by atoms with Gasteiger partial charge in [0.1, 0.15) is 0 Å². The molecule has 0 radical (unpaired) electrons. The largest absolute Gasteiger partial charge is 0.330 e. The number of halogens is 1. The summed E-state index contributed by atoms with van der Waals surface area (Å²) in [6.07, 6.45) is 0. The number of benzene rings is 1. The van der Waals surface area contributed by atoms with E-state index in [-0.39, 0.29) is 0 Å². The molecule has 1 aromatic heterocycles. The number of nitriles is 1. The number of anilines is 2. The fourth-order valence-electron chi connectivity index (χ4n) is 1.05. The fraction of sp³-hybridized carbons (Fsp3) is 0. The van der Waals surface area contributed by atoms with E-state index in [4.69, 9.17) is 5.26 Å². The Bertz CT molecular complexity index is 517. The Balaban J connectivity index is 2.21. The molecule has 0 aliphatic carbocycles. The molecule has 1 N–H and O–H groups in total. The van der Waals surface area contributed by atoms with Crippen LogP contribution in [0.15, 0.2) is 28.2 Å². The lowest BCUT2D eigenvalue weighted by Crippen LogP contribution is -1.89. The molecule has 0 saturated carbocycles. The summed E-state index contributed by atoms with van der Waals surface area (Å²) in [6.45, 7) is 0. The molecule has 1 heterocycles. The normalized spacial score (nSPS) is 9.60. The Morgan fingerprint density at radius 3 is 2.93 bits per heavy atom. The summed E-state index contributed by atoms with van der Waals surface area (Å²) in [5.41, 5.74) is 1.45. The van der Waals surface area contributed by atoms with Crippen molar-refractivity contribution in [2.24, 2.45) is 0 Å². The summed E-state index contributed by atoms with van der Waals surface area (Å²) in [7, 11) is 0. The third-order valence-electron chi connectivity index (χ3n) is 1.64. The summed E-state index contributed by atoms with van der Waals surface area (Å²) in [5, 5.41) is 20.2. The van der Waals surface area contributed by atoms with Gasteiger partial charge in [0.2, 0.25) is 5.13 Å². The number of nitrogens with one attached hydrogen (secondary N) is 1. The van der Waals surface area contributed by atoms with Crippen molar-refractivity contribution in [3.63, 3.8) is 0 Å². The van der Waals surface area contributed by atoms with E-state index >= 15 is 0 Å². The van der Waals surface area contributed by atoms with Gasteiger partial charge in [0, 0.05) is 5.69 Å². The Labute approximate surface area is 98.7 Å². The van der Waals surface area contributed by atoms with Crippen LogP contribution in [-0.2, 0) is 0 Å². The zero-order valence-electron chi connectivity index (χ0n) is 7.44. The van der Waals surface area contributed by atoms with E-state index in [1.165, 1.54) is 11.3 Å². The van der Waals surface area contributed by atoms with Crippen molar-refractivity contribution >= 4 is 38.1 Å². The molecule has 15 heavy (non-hydrogen) atoms. The lowest BCUT2D eigenvalue weighted by atomic mass is 10.2. The molecule has 0 aliphatic rings. The van der Waals surface area contributed by atoms with E-state index in [1.807, 2.05) is 12.1 Å². The SMILES string of the molecule is N#Cc1cccc(Nc2nnc(Br)s2)c1. The molecule has 4 nitrogen and oxygen atoms in total. The van der Waals surface area contributed by atoms with Crippen LogP contribution in [-0.4, -0.2) is 10.2 Å². The molecule has 74 valence electrons. The van der Waals surface area contributed by atoms with Crippen molar-refractivity contribution in [3.8, 4) is 6.07 Å².